The second-order valence-corrected chi connectivity index (χ2v) is 5.53. The molecule has 1 aliphatic heterocycles. The van der Waals surface area contributed by atoms with Gasteiger partial charge in [0.2, 0.25) is 0 Å². The minimum Gasteiger partial charge on any atom is -0.316 e. The standard InChI is InChI=1S/C14H27NO/c1-4-6-7-12(5-2)10-13(16)14(3)8-9-15-11-14/h12,15H,4-11H2,1-3H3. The van der Waals surface area contributed by atoms with Crippen molar-refractivity contribution >= 4 is 5.78 Å². The Morgan fingerprint density at radius 2 is 2.19 bits per heavy atom. The van der Waals surface area contributed by atoms with Crippen LogP contribution in [0.25, 0.3) is 0 Å². The summed E-state index contributed by atoms with van der Waals surface area (Å²) in [5.41, 5.74) is -0.0698. The molecule has 0 saturated carbocycles. The molecule has 2 atom stereocenters. The highest BCUT2D eigenvalue weighted by Gasteiger charge is 2.36. The average molecular weight is 225 g/mol. The molecule has 1 rings (SSSR count). The number of carbonyl (C=O) groups is 1. The van der Waals surface area contributed by atoms with E-state index in [9.17, 15) is 4.79 Å². The molecule has 16 heavy (non-hydrogen) atoms. The zero-order valence-corrected chi connectivity index (χ0v) is 11.1. The van der Waals surface area contributed by atoms with Gasteiger partial charge >= 0.3 is 0 Å². The van der Waals surface area contributed by atoms with Gasteiger partial charge in [-0.25, -0.2) is 0 Å². The quantitative estimate of drug-likeness (QED) is 0.721. The van der Waals surface area contributed by atoms with E-state index in [4.69, 9.17) is 0 Å². The summed E-state index contributed by atoms with van der Waals surface area (Å²) in [7, 11) is 0. The number of carbonyl (C=O) groups excluding carboxylic acids is 1. The molecule has 0 aliphatic carbocycles. The molecule has 0 aromatic carbocycles. The first-order chi connectivity index (χ1) is 7.62. The molecule has 0 bridgehead atoms. The molecule has 0 aromatic rings. The van der Waals surface area contributed by atoms with Gasteiger partial charge in [-0.3, -0.25) is 4.79 Å². The SMILES string of the molecule is CCCCC(CC)CC(=O)C1(C)CCNC1. The molecule has 1 aliphatic rings. The third-order valence-electron chi connectivity index (χ3n) is 4.06. The zero-order chi connectivity index (χ0) is 12.0. The first-order valence-corrected chi connectivity index (χ1v) is 6.86. The number of nitrogens with one attached hydrogen (secondary N) is 1. The van der Waals surface area contributed by atoms with Crippen LogP contribution in [0.4, 0.5) is 0 Å². The van der Waals surface area contributed by atoms with E-state index in [0.29, 0.717) is 11.7 Å². The van der Waals surface area contributed by atoms with Crippen molar-refractivity contribution in [3.8, 4) is 0 Å². The lowest BCUT2D eigenvalue weighted by Crippen LogP contribution is -2.31. The van der Waals surface area contributed by atoms with Gasteiger partial charge in [0.25, 0.3) is 0 Å². The normalized spacial score (nSPS) is 26.9. The van der Waals surface area contributed by atoms with Crippen molar-refractivity contribution < 1.29 is 4.79 Å². The maximum Gasteiger partial charge on any atom is 0.140 e. The van der Waals surface area contributed by atoms with Gasteiger partial charge in [0.05, 0.1) is 0 Å². The smallest absolute Gasteiger partial charge is 0.140 e. The maximum absolute atomic E-state index is 12.3. The largest absolute Gasteiger partial charge is 0.316 e. The lowest BCUT2D eigenvalue weighted by atomic mass is 9.79. The van der Waals surface area contributed by atoms with Crippen molar-refractivity contribution in [1.82, 2.24) is 5.32 Å². The predicted molar refractivity (Wildman–Crippen MR) is 68.5 cm³/mol. The fourth-order valence-electron chi connectivity index (χ4n) is 2.51. The van der Waals surface area contributed by atoms with Crippen molar-refractivity contribution in [2.75, 3.05) is 13.1 Å². The molecule has 2 nitrogen and oxygen atoms in total. The summed E-state index contributed by atoms with van der Waals surface area (Å²) in [5, 5.41) is 3.31. The summed E-state index contributed by atoms with van der Waals surface area (Å²) in [5.74, 6) is 1.10. The van der Waals surface area contributed by atoms with Crippen molar-refractivity contribution in [3.05, 3.63) is 0 Å². The van der Waals surface area contributed by atoms with Crippen LogP contribution in [-0.4, -0.2) is 18.9 Å². The van der Waals surface area contributed by atoms with Gasteiger partial charge in [-0.1, -0.05) is 46.5 Å². The molecular formula is C14H27NO. The first-order valence-electron chi connectivity index (χ1n) is 6.86. The fourth-order valence-corrected chi connectivity index (χ4v) is 2.51. The summed E-state index contributed by atoms with van der Waals surface area (Å²) >= 11 is 0. The Labute approximate surface area is 100 Å². The van der Waals surface area contributed by atoms with E-state index in [1.807, 2.05) is 0 Å². The highest BCUT2D eigenvalue weighted by atomic mass is 16.1. The topological polar surface area (TPSA) is 29.1 Å². The molecule has 94 valence electrons. The van der Waals surface area contributed by atoms with Crippen LogP contribution in [0, 0.1) is 11.3 Å². The predicted octanol–water partition coefficient (Wildman–Crippen LogP) is 3.16. The number of hydrogen-bond donors (Lipinski definition) is 1. The number of rotatable bonds is 7. The molecule has 2 unspecified atom stereocenters. The zero-order valence-electron chi connectivity index (χ0n) is 11.1. The Bertz CT molecular complexity index is 219. The average Bonchev–Trinajstić information content (AvgIpc) is 2.72. The van der Waals surface area contributed by atoms with Crippen LogP contribution in [-0.2, 0) is 4.79 Å². The van der Waals surface area contributed by atoms with Crippen LogP contribution in [0.15, 0.2) is 0 Å². The van der Waals surface area contributed by atoms with E-state index in [0.717, 1.165) is 32.4 Å². The fraction of sp³-hybridized carbons (Fsp3) is 0.929. The number of unbranched alkanes of at least 4 members (excludes halogenated alkanes) is 1. The van der Waals surface area contributed by atoms with E-state index in [1.54, 1.807) is 0 Å². The van der Waals surface area contributed by atoms with E-state index >= 15 is 0 Å². The van der Waals surface area contributed by atoms with E-state index in [1.165, 1.54) is 19.3 Å². The summed E-state index contributed by atoms with van der Waals surface area (Å²) in [6, 6.07) is 0. The van der Waals surface area contributed by atoms with Crippen molar-refractivity contribution in [2.45, 2.75) is 59.3 Å². The van der Waals surface area contributed by atoms with Gasteiger partial charge < -0.3 is 5.32 Å². The van der Waals surface area contributed by atoms with Crippen LogP contribution < -0.4 is 5.32 Å². The second-order valence-electron chi connectivity index (χ2n) is 5.53. The Morgan fingerprint density at radius 3 is 2.69 bits per heavy atom. The van der Waals surface area contributed by atoms with Gasteiger partial charge in [-0.2, -0.15) is 0 Å². The van der Waals surface area contributed by atoms with Crippen molar-refractivity contribution in [1.29, 1.82) is 0 Å². The maximum atomic E-state index is 12.3. The molecule has 1 fully saturated rings. The third kappa shape index (κ3) is 3.58. The molecule has 0 radical (unpaired) electrons. The van der Waals surface area contributed by atoms with E-state index in [-0.39, 0.29) is 5.41 Å². The van der Waals surface area contributed by atoms with Gasteiger partial charge in [0.15, 0.2) is 0 Å². The van der Waals surface area contributed by atoms with Crippen molar-refractivity contribution in [3.63, 3.8) is 0 Å². The van der Waals surface area contributed by atoms with Crippen LogP contribution in [0.1, 0.15) is 59.3 Å². The summed E-state index contributed by atoms with van der Waals surface area (Å²) in [4.78, 5) is 12.3. The Hall–Kier alpha value is -0.370. The van der Waals surface area contributed by atoms with Gasteiger partial charge in [0, 0.05) is 18.4 Å². The third-order valence-corrected chi connectivity index (χ3v) is 4.06. The van der Waals surface area contributed by atoms with E-state index in [2.05, 4.69) is 26.1 Å². The highest BCUT2D eigenvalue weighted by molar-refractivity contribution is 5.85. The van der Waals surface area contributed by atoms with Gasteiger partial charge in [0.1, 0.15) is 5.78 Å². The summed E-state index contributed by atoms with van der Waals surface area (Å²) in [6.07, 6.45) is 6.70. The molecule has 0 spiro atoms. The Kier molecular flexibility index (Phi) is 5.47. The van der Waals surface area contributed by atoms with Crippen LogP contribution in [0.3, 0.4) is 0 Å². The monoisotopic (exact) mass is 225 g/mol. The van der Waals surface area contributed by atoms with Gasteiger partial charge in [-0.15, -0.1) is 0 Å². The lowest BCUT2D eigenvalue weighted by molar-refractivity contribution is -0.128. The molecule has 2 heteroatoms. The molecule has 0 amide bonds. The number of ketones is 1. The Morgan fingerprint density at radius 1 is 1.44 bits per heavy atom. The highest BCUT2D eigenvalue weighted by Crippen LogP contribution is 2.30. The molecular weight excluding hydrogens is 198 g/mol. The van der Waals surface area contributed by atoms with Crippen LogP contribution in [0.2, 0.25) is 0 Å². The molecule has 1 N–H and O–H groups in total. The molecule has 1 saturated heterocycles. The minimum atomic E-state index is -0.0698. The summed E-state index contributed by atoms with van der Waals surface area (Å²) < 4.78 is 0. The lowest BCUT2D eigenvalue weighted by Gasteiger charge is -2.24. The van der Waals surface area contributed by atoms with Gasteiger partial charge in [-0.05, 0) is 18.9 Å². The second kappa shape index (κ2) is 6.39. The minimum absolute atomic E-state index is 0.0698. The van der Waals surface area contributed by atoms with Crippen molar-refractivity contribution in [2.24, 2.45) is 11.3 Å². The van der Waals surface area contributed by atoms with Crippen LogP contribution in [0.5, 0.6) is 0 Å². The Balaban J connectivity index is 2.41. The first kappa shape index (κ1) is 13.7. The number of Topliss-reactive ketones (excluding diaryl/α,β-unsaturated/α-hetero) is 1. The van der Waals surface area contributed by atoms with Crippen LogP contribution >= 0.6 is 0 Å². The number of hydrogen-bond acceptors (Lipinski definition) is 2. The molecule has 0 aromatic heterocycles. The van der Waals surface area contributed by atoms with E-state index < -0.39 is 0 Å². The summed E-state index contributed by atoms with van der Waals surface area (Å²) in [6.45, 7) is 8.45. The molecule has 1 heterocycles.